The van der Waals surface area contributed by atoms with Gasteiger partial charge in [0, 0.05) is 24.8 Å². The summed E-state index contributed by atoms with van der Waals surface area (Å²) < 4.78 is 11.0. The Bertz CT molecular complexity index is 517. The lowest BCUT2D eigenvalue weighted by Gasteiger charge is -2.24. The third-order valence-corrected chi connectivity index (χ3v) is 2.92. The molecule has 1 aliphatic heterocycles. The van der Waals surface area contributed by atoms with Crippen molar-refractivity contribution in [2.75, 3.05) is 32.0 Å². The number of nitrogen functional groups attached to an aromatic ring is 1. The Labute approximate surface area is 99.2 Å². The van der Waals surface area contributed by atoms with Gasteiger partial charge >= 0.3 is 0 Å². The molecule has 1 saturated heterocycles. The topological polar surface area (TPSA) is 64.5 Å². The van der Waals surface area contributed by atoms with Gasteiger partial charge in [0.05, 0.1) is 19.8 Å². The fourth-order valence-electron chi connectivity index (χ4n) is 2.01. The minimum atomic E-state index is 0.701. The van der Waals surface area contributed by atoms with Crippen molar-refractivity contribution in [1.82, 2.24) is 9.88 Å². The normalized spacial score (nSPS) is 17.6. The minimum absolute atomic E-state index is 0.701. The first kappa shape index (κ1) is 10.6. The number of hydrogen-bond donors (Lipinski definition) is 1. The molecule has 0 aliphatic carbocycles. The molecule has 0 unspecified atom stereocenters. The molecule has 1 fully saturated rings. The Morgan fingerprint density at radius 1 is 1.29 bits per heavy atom. The number of nitrogens with zero attached hydrogens (tertiary/aromatic N) is 2. The molecule has 1 aromatic heterocycles. The number of fused-ring (bicyclic) bond motifs is 1. The highest BCUT2D eigenvalue weighted by atomic mass is 16.5. The summed E-state index contributed by atoms with van der Waals surface area (Å²) in [6, 6.07) is 5.53. The molecule has 0 saturated carbocycles. The van der Waals surface area contributed by atoms with Gasteiger partial charge in [-0.3, -0.25) is 4.90 Å². The first-order valence-corrected chi connectivity index (χ1v) is 5.76. The van der Waals surface area contributed by atoms with Gasteiger partial charge in [-0.2, -0.15) is 0 Å². The Hall–Kier alpha value is -1.59. The maximum absolute atomic E-state index is 5.70. The third kappa shape index (κ3) is 2.25. The summed E-state index contributed by atoms with van der Waals surface area (Å²) in [7, 11) is 0. The van der Waals surface area contributed by atoms with Crippen molar-refractivity contribution in [3.8, 4) is 0 Å². The Balaban J connectivity index is 1.80. The fourth-order valence-corrected chi connectivity index (χ4v) is 2.01. The van der Waals surface area contributed by atoms with Crippen molar-refractivity contribution in [3.05, 3.63) is 24.1 Å². The van der Waals surface area contributed by atoms with Gasteiger partial charge in [0.25, 0.3) is 0 Å². The van der Waals surface area contributed by atoms with Gasteiger partial charge in [-0.15, -0.1) is 0 Å². The Morgan fingerprint density at radius 3 is 2.94 bits per heavy atom. The number of aromatic nitrogens is 1. The number of hydrogen-bond acceptors (Lipinski definition) is 5. The van der Waals surface area contributed by atoms with E-state index in [0.717, 1.165) is 49.8 Å². The van der Waals surface area contributed by atoms with E-state index in [0.29, 0.717) is 5.69 Å². The summed E-state index contributed by atoms with van der Waals surface area (Å²) in [4.78, 5) is 6.72. The van der Waals surface area contributed by atoms with Gasteiger partial charge in [-0.25, -0.2) is 4.98 Å². The zero-order valence-electron chi connectivity index (χ0n) is 9.56. The van der Waals surface area contributed by atoms with Crippen LogP contribution in [0.5, 0.6) is 0 Å². The molecule has 2 N–H and O–H groups in total. The third-order valence-electron chi connectivity index (χ3n) is 2.92. The summed E-state index contributed by atoms with van der Waals surface area (Å²) in [6.07, 6.45) is 0. The van der Waals surface area contributed by atoms with Crippen LogP contribution in [0.2, 0.25) is 0 Å². The van der Waals surface area contributed by atoms with Crippen LogP contribution in [0.25, 0.3) is 11.1 Å². The maximum atomic E-state index is 5.70. The van der Waals surface area contributed by atoms with E-state index in [-0.39, 0.29) is 0 Å². The molecule has 3 rings (SSSR count). The van der Waals surface area contributed by atoms with E-state index in [1.54, 1.807) is 0 Å². The van der Waals surface area contributed by atoms with Crippen LogP contribution in [-0.4, -0.2) is 36.2 Å². The first-order chi connectivity index (χ1) is 8.31. The summed E-state index contributed by atoms with van der Waals surface area (Å²) in [5.41, 5.74) is 8.02. The molecule has 90 valence electrons. The van der Waals surface area contributed by atoms with E-state index in [9.17, 15) is 0 Å². The lowest BCUT2D eigenvalue weighted by atomic mass is 10.3. The van der Waals surface area contributed by atoms with Gasteiger partial charge in [0.15, 0.2) is 5.58 Å². The number of morpholine rings is 1. The van der Waals surface area contributed by atoms with Crippen molar-refractivity contribution in [2.45, 2.75) is 6.54 Å². The van der Waals surface area contributed by atoms with Gasteiger partial charge in [0.2, 0.25) is 5.89 Å². The van der Waals surface area contributed by atoms with Crippen molar-refractivity contribution in [3.63, 3.8) is 0 Å². The van der Waals surface area contributed by atoms with Gasteiger partial charge in [-0.05, 0) is 12.1 Å². The van der Waals surface area contributed by atoms with Crippen LogP contribution in [0.15, 0.2) is 22.6 Å². The van der Waals surface area contributed by atoms with Crippen molar-refractivity contribution >= 4 is 16.8 Å². The molecule has 1 aliphatic rings. The number of anilines is 1. The molecule has 5 heteroatoms. The van der Waals surface area contributed by atoms with E-state index >= 15 is 0 Å². The summed E-state index contributed by atoms with van der Waals surface area (Å²) in [5.74, 6) is 0.743. The van der Waals surface area contributed by atoms with Crippen LogP contribution in [-0.2, 0) is 11.3 Å². The molecular formula is C12H15N3O2. The highest BCUT2D eigenvalue weighted by Crippen LogP contribution is 2.19. The zero-order valence-corrected chi connectivity index (χ0v) is 9.56. The molecule has 2 aromatic rings. The van der Waals surface area contributed by atoms with Crippen molar-refractivity contribution in [1.29, 1.82) is 0 Å². The Kier molecular flexibility index (Phi) is 2.70. The van der Waals surface area contributed by atoms with Gasteiger partial charge < -0.3 is 14.9 Å². The molecule has 0 bridgehead atoms. The molecule has 2 heterocycles. The van der Waals surface area contributed by atoms with E-state index < -0.39 is 0 Å². The van der Waals surface area contributed by atoms with Crippen LogP contribution in [0.4, 0.5) is 5.69 Å². The predicted octanol–water partition coefficient (Wildman–Crippen LogP) is 1.24. The quantitative estimate of drug-likeness (QED) is 0.791. The van der Waals surface area contributed by atoms with E-state index in [1.807, 2.05) is 18.2 Å². The average molecular weight is 233 g/mol. The fraction of sp³-hybridized carbons (Fsp3) is 0.417. The average Bonchev–Trinajstić information content (AvgIpc) is 2.71. The lowest BCUT2D eigenvalue weighted by molar-refractivity contribution is 0.0308. The van der Waals surface area contributed by atoms with Crippen LogP contribution in [0.1, 0.15) is 5.89 Å². The molecule has 0 atom stereocenters. The van der Waals surface area contributed by atoms with E-state index in [4.69, 9.17) is 14.9 Å². The number of benzene rings is 1. The standard InChI is InChI=1S/C12H15N3O2/c13-9-1-2-10-11(7-9)17-12(14-10)8-15-3-5-16-6-4-15/h1-2,7H,3-6,8,13H2. The molecule has 1 aromatic carbocycles. The van der Waals surface area contributed by atoms with Crippen LogP contribution >= 0.6 is 0 Å². The van der Waals surface area contributed by atoms with Crippen LogP contribution in [0, 0.1) is 0 Å². The molecular weight excluding hydrogens is 218 g/mol. The summed E-state index contributed by atoms with van der Waals surface area (Å²) >= 11 is 0. The van der Waals surface area contributed by atoms with Crippen LogP contribution in [0.3, 0.4) is 0 Å². The van der Waals surface area contributed by atoms with Gasteiger partial charge in [0.1, 0.15) is 5.52 Å². The second-order valence-electron chi connectivity index (χ2n) is 4.22. The van der Waals surface area contributed by atoms with Gasteiger partial charge in [-0.1, -0.05) is 0 Å². The smallest absolute Gasteiger partial charge is 0.209 e. The maximum Gasteiger partial charge on any atom is 0.209 e. The highest BCUT2D eigenvalue weighted by molar-refractivity contribution is 5.76. The Morgan fingerprint density at radius 2 is 2.12 bits per heavy atom. The second-order valence-corrected chi connectivity index (χ2v) is 4.22. The molecule has 5 nitrogen and oxygen atoms in total. The van der Waals surface area contributed by atoms with E-state index in [2.05, 4.69) is 9.88 Å². The number of oxazole rings is 1. The zero-order chi connectivity index (χ0) is 11.7. The minimum Gasteiger partial charge on any atom is -0.439 e. The SMILES string of the molecule is Nc1ccc2nc(CN3CCOCC3)oc2c1. The number of nitrogens with two attached hydrogens (primary N) is 1. The number of rotatable bonds is 2. The van der Waals surface area contributed by atoms with E-state index in [1.165, 1.54) is 0 Å². The number of ether oxygens (including phenoxy) is 1. The molecule has 0 radical (unpaired) electrons. The van der Waals surface area contributed by atoms with Crippen molar-refractivity contribution < 1.29 is 9.15 Å². The highest BCUT2D eigenvalue weighted by Gasteiger charge is 2.14. The molecule has 17 heavy (non-hydrogen) atoms. The van der Waals surface area contributed by atoms with Crippen molar-refractivity contribution in [2.24, 2.45) is 0 Å². The molecule has 0 spiro atoms. The molecule has 0 amide bonds. The summed E-state index contributed by atoms with van der Waals surface area (Å²) in [6.45, 7) is 4.17. The first-order valence-electron chi connectivity index (χ1n) is 5.76. The lowest BCUT2D eigenvalue weighted by Crippen LogP contribution is -2.35. The predicted molar refractivity (Wildman–Crippen MR) is 64.5 cm³/mol. The monoisotopic (exact) mass is 233 g/mol. The largest absolute Gasteiger partial charge is 0.439 e. The second kappa shape index (κ2) is 4.35. The summed E-state index contributed by atoms with van der Waals surface area (Å²) in [5, 5.41) is 0. The van der Waals surface area contributed by atoms with Crippen LogP contribution < -0.4 is 5.73 Å².